The van der Waals surface area contributed by atoms with E-state index in [0.717, 1.165) is 5.56 Å². The number of ether oxygens (including phenoxy) is 1. The predicted molar refractivity (Wildman–Crippen MR) is 130 cm³/mol. The summed E-state index contributed by atoms with van der Waals surface area (Å²) in [6, 6.07) is 23.6. The first-order valence-corrected chi connectivity index (χ1v) is 11.4. The Morgan fingerprint density at radius 2 is 1.55 bits per heavy atom. The van der Waals surface area contributed by atoms with Gasteiger partial charge >= 0.3 is 0 Å². The van der Waals surface area contributed by atoms with Crippen LogP contribution in [0, 0.1) is 0 Å². The van der Waals surface area contributed by atoms with Crippen molar-refractivity contribution < 1.29 is 14.3 Å². The molecule has 2 heterocycles. The van der Waals surface area contributed by atoms with E-state index < -0.39 is 15.8 Å². The van der Waals surface area contributed by atoms with Gasteiger partial charge < -0.3 is 9.64 Å². The van der Waals surface area contributed by atoms with Crippen molar-refractivity contribution in [2.45, 2.75) is 29.3 Å². The zero-order valence-corrected chi connectivity index (χ0v) is 19.7. The highest BCUT2D eigenvalue weighted by Crippen LogP contribution is 2.62. The number of nitrogens with zero attached hydrogens (tertiary/aromatic N) is 2. The van der Waals surface area contributed by atoms with Crippen molar-refractivity contribution >= 4 is 46.4 Å². The molecule has 168 valence electrons. The first-order valence-electron chi connectivity index (χ1n) is 10.7. The van der Waals surface area contributed by atoms with Crippen molar-refractivity contribution in [1.29, 1.82) is 0 Å². The normalized spacial score (nSPS) is 23.2. The van der Waals surface area contributed by atoms with Crippen molar-refractivity contribution in [3.63, 3.8) is 0 Å². The third-order valence-electron chi connectivity index (χ3n) is 6.59. The SMILES string of the molecule is COc1ccc(C23CC(C)N(C(=O)c4ccccc4)c4ccccc4N2C(=O)C3(Cl)Cl)cc1. The first-order chi connectivity index (χ1) is 15.8. The molecule has 1 saturated heterocycles. The minimum absolute atomic E-state index is 0.148. The van der Waals surface area contributed by atoms with E-state index in [1.807, 2.05) is 73.7 Å². The number of hydrogen-bond donors (Lipinski definition) is 0. The topological polar surface area (TPSA) is 49.9 Å². The lowest BCUT2D eigenvalue weighted by Crippen LogP contribution is -2.76. The standard InChI is InChI=1S/C26H22Cl2N2O3/c1-17-16-25(19-12-14-20(33-2)15-13-19)26(27,28)24(32)30(25)22-11-7-6-10-21(22)29(17)23(31)18-8-4-3-5-9-18/h3-15,17H,16H2,1-2H3. The molecule has 0 N–H and O–H groups in total. The fourth-order valence-electron chi connectivity index (χ4n) is 5.05. The number of anilines is 2. The van der Waals surface area contributed by atoms with Gasteiger partial charge in [0.05, 0.1) is 18.5 Å². The summed E-state index contributed by atoms with van der Waals surface area (Å²) in [6.45, 7) is 1.96. The molecule has 33 heavy (non-hydrogen) atoms. The Hall–Kier alpha value is -3.02. The summed E-state index contributed by atoms with van der Waals surface area (Å²) in [5.74, 6) is 0.130. The van der Waals surface area contributed by atoms with Crippen LogP contribution in [-0.2, 0) is 10.3 Å². The number of benzene rings is 3. The van der Waals surface area contributed by atoms with Crippen molar-refractivity contribution in [2.24, 2.45) is 0 Å². The van der Waals surface area contributed by atoms with Gasteiger partial charge in [0.25, 0.3) is 11.8 Å². The third-order valence-corrected chi connectivity index (χ3v) is 7.54. The number of carbonyl (C=O) groups is 2. The number of alkyl halides is 2. The van der Waals surface area contributed by atoms with Crippen LogP contribution in [0.3, 0.4) is 0 Å². The van der Waals surface area contributed by atoms with Crippen LogP contribution in [-0.4, -0.2) is 29.3 Å². The number of hydrogen-bond acceptors (Lipinski definition) is 3. The zero-order chi connectivity index (χ0) is 23.4. The molecular formula is C26H22Cl2N2O3. The first kappa shape index (κ1) is 21.8. The lowest BCUT2D eigenvalue weighted by atomic mass is 9.72. The molecule has 0 aromatic heterocycles. The van der Waals surface area contributed by atoms with E-state index >= 15 is 0 Å². The predicted octanol–water partition coefficient (Wildman–Crippen LogP) is 5.55. The molecule has 0 bridgehead atoms. The Morgan fingerprint density at radius 3 is 2.18 bits per heavy atom. The van der Waals surface area contributed by atoms with Gasteiger partial charge in [0, 0.05) is 11.6 Å². The Labute approximate surface area is 202 Å². The molecule has 0 radical (unpaired) electrons. The van der Waals surface area contributed by atoms with Gasteiger partial charge in [-0.05, 0) is 55.3 Å². The highest BCUT2D eigenvalue weighted by Gasteiger charge is 2.73. The maximum atomic E-state index is 13.7. The fraction of sp³-hybridized carbons (Fsp3) is 0.231. The average molecular weight is 481 g/mol. The Balaban J connectivity index is 1.71. The highest BCUT2D eigenvalue weighted by molar-refractivity contribution is 6.63. The van der Waals surface area contributed by atoms with Gasteiger partial charge in [0.1, 0.15) is 11.3 Å². The van der Waals surface area contributed by atoms with Crippen LogP contribution in [0.15, 0.2) is 78.9 Å². The van der Waals surface area contributed by atoms with Crippen molar-refractivity contribution in [2.75, 3.05) is 16.9 Å². The van der Waals surface area contributed by atoms with E-state index in [-0.39, 0.29) is 11.9 Å². The molecule has 0 spiro atoms. The van der Waals surface area contributed by atoms with E-state index in [1.54, 1.807) is 29.0 Å². The molecule has 2 atom stereocenters. The van der Waals surface area contributed by atoms with Gasteiger partial charge in [-0.25, -0.2) is 0 Å². The summed E-state index contributed by atoms with van der Waals surface area (Å²) in [6.07, 6.45) is 0.353. The molecule has 5 nitrogen and oxygen atoms in total. The summed E-state index contributed by atoms with van der Waals surface area (Å²) < 4.78 is 3.62. The summed E-state index contributed by atoms with van der Waals surface area (Å²) in [7, 11) is 1.59. The van der Waals surface area contributed by atoms with Crippen LogP contribution in [0.2, 0.25) is 0 Å². The van der Waals surface area contributed by atoms with Crippen molar-refractivity contribution in [1.82, 2.24) is 0 Å². The maximum absolute atomic E-state index is 13.7. The molecule has 3 aromatic carbocycles. The molecule has 5 rings (SSSR count). The Morgan fingerprint density at radius 1 is 0.939 bits per heavy atom. The zero-order valence-electron chi connectivity index (χ0n) is 18.2. The number of carbonyl (C=O) groups excluding carboxylic acids is 2. The molecular weight excluding hydrogens is 459 g/mol. The van der Waals surface area contributed by atoms with Gasteiger partial charge in [-0.1, -0.05) is 65.7 Å². The van der Waals surface area contributed by atoms with Crippen molar-refractivity contribution in [3.8, 4) is 5.75 Å². The Bertz CT molecular complexity index is 1230. The number of fused-ring (bicyclic) bond motifs is 3. The third kappa shape index (κ3) is 2.99. The minimum atomic E-state index is -1.69. The largest absolute Gasteiger partial charge is 0.497 e. The summed E-state index contributed by atoms with van der Waals surface area (Å²) in [4.78, 5) is 30.4. The summed E-state index contributed by atoms with van der Waals surface area (Å²) in [5, 5.41) is 0. The molecule has 2 unspecified atom stereocenters. The van der Waals surface area contributed by atoms with E-state index in [1.165, 1.54) is 0 Å². The van der Waals surface area contributed by atoms with Crippen LogP contribution in [0.4, 0.5) is 11.4 Å². The van der Waals surface area contributed by atoms with Gasteiger partial charge in [-0.3, -0.25) is 14.5 Å². The number of methoxy groups -OCH3 is 1. The number of β-lactam (4-membered cyclic amide) rings is 1. The van der Waals surface area contributed by atoms with Crippen LogP contribution in [0.1, 0.15) is 29.3 Å². The number of rotatable bonds is 3. The summed E-state index contributed by atoms with van der Waals surface area (Å²) in [5.41, 5.74) is 1.54. The van der Waals surface area contributed by atoms with Crippen LogP contribution < -0.4 is 14.5 Å². The summed E-state index contributed by atoms with van der Waals surface area (Å²) >= 11 is 13.6. The van der Waals surface area contributed by atoms with Gasteiger partial charge in [0.15, 0.2) is 0 Å². The number of para-hydroxylation sites is 2. The van der Waals surface area contributed by atoms with Gasteiger partial charge in [0.2, 0.25) is 4.33 Å². The molecule has 1 fully saturated rings. The monoisotopic (exact) mass is 480 g/mol. The van der Waals surface area contributed by atoms with Gasteiger partial charge in [-0.15, -0.1) is 0 Å². The Kier molecular flexibility index (Phi) is 5.15. The van der Waals surface area contributed by atoms with E-state index in [2.05, 4.69) is 0 Å². The quantitative estimate of drug-likeness (QED) is 0.364. The van der Waals surface area contributed by atoms with Crippen LogP contribution in [0.25, 0.3) is 0 Å². The number of halogens is 2. The number of amides is 2. The molecule has 3 aromatic rings. The average Bonchev–Trinajstić information content (AvgIpc) is 2.95. The van der Waals surface area contributed by atoms with Crippen LogP contribution in [0.5, 0.6) is 5.75 Å². The second-order valence-electron chi connectivity index (χ2n) is 8.39. The highest BCUT2D eigenvalue weighted by atomic mass is 35.5. The smallest absolute Gasteiger partial charge is 0.267 e. The lowest BCUT2D eigenvalue weighted by molar-refractivity contribution is -0.129. The molecule has 2 amide bonds. The van der Waals surface area contributed by atoms with E-state index in [0.29, 0.717) is 29.1 Å². The molecule has 0 saturated carbocycles. The molecule has 7 heteroatoms. The molecule has 2 aliphatic rings. The van der Waals surface area contributed by atoms with Crippen LogP contribution >= 0.6 is 23.2 Å². The fourth-order valence-corrected chi connectivity index (χ4v) is 5.76. The minimum Gasteiger partial charge on any atom is -0.497 e. The van der Waals surface area contributed by atoms with Crippen molar-refractivity contribution in [3.05, 3.63) is 90.0 Å². The molecule has 0 aliphatic carbocycles. The van der Waals surface area contributed by atoms with E-state index in [4.69, 9.17) is 27.9 Å². The van der Waals surface area contributed by atoms with Gasteiger partial charge in [-0.2, -0.15) is 0 Å². The molecule has 2 aliphatic heterocycles. The van der Waals surface area contributed by atoms with E-state index in [9.17, 15) is 9.59 Å². The second kappa shape index (κ2) is 7.79. The maximum Gasteiger partial charge on any atom is 0.267 e. The lowest BCUT2D eigenvalue weighted by Gasteiger charge is -2.59. The second-order valence-corrected chi connectivity index (χ2v) is 9.71.